The van der Waals surface area contributed by atoms with Gasteiger partial charge in [-0.3, -0.25) is 4.90 Å². The molecule has 5 heteroatoms. The van der Waals surface area contributed by atoms with Crippen molar-refractivity contribution in [1.29, 1.82) is 0 Å². The third-order valence-corrected chi connectivity index (χ3v) is 3.97. The zero-order valence-corrected chi connectivity index (χ0v) is 14.1. The van der Waals surface area contributed by atoms with Gasteiger partial charge >= 0.3 is 0 Å². The van der Waals surface area contributed by atoms with Crippen LogP contribution in [0.25, 0.3) is 0 Å². The highest BCUT2D eigenvalue weighted by Gasteiger charge is 2.18. The van der Waals surface area contributed by atoms with Gasteiger partial charge in [-0.15, -0.1) is 12.4 Å². The molecule has 0 spiro atoms. The second kappa shape index (κ2) is 9.31. The van der Waals surface area contributed by atoms with Crippen LogP contribution in [0, 0.1) is 0 Å². The number of hydrogen-bond donors (Lipinski definition) is 1. The molecule has 118 valence electrons. The summed E-state index contributed by atoms with van der Waals surface area (Å²) < 4.78 is 5.49. The van der Waals surface area contributed by atoms with Crippen LogP contribution in [0.3, 0.4) is 0 Å². The van der Waals surface area contributed by atoms with Crippen LogP contribution in [-0.2, 0) is 6.54 Å². The van der Waals surface area contributed by atoms with Gasteiger partial charge in [0.15, 0.2) is 0 Å². The molecule has 1 atom stereocenters. The predicted octanol–water partition coefficient (Wildman–Crippen LogP) is 3.51. The third kappa shape index (κ3) is 5.51. The van der Waals surface area contributed by atoms with Gasteiger partial charge in [-0.2, -0.15) is 0 Å². The Morgan fingerprint density at radius 1 is 1.52 bits per heavy atom. The minimum Gasteiger partial charge on any atom is -0.488 e. The van der Waals surface area contributed by atoms with Crippen molar-refractivity contribution in [1.82, 2.24) is 10.2 Å². The topological polar surface area (TPSA) is 24.5 Å². The average molecular weight is 331 g/mol. The number of hydrogen-bond acceptors (Lipinski definition) is 3. The molecule has 0 radical (unpaired) electrons. The first-order chi connectivity index (χ1) is 9.72. The average Bonchev–Trinajstić information content (AvgIpc) is 2.47. The van der Waals surface area contributed by atoms with Crippen LogP contribution in [0.2, 0.25) is 5.02 Å². The molecule has 0 aliphatic carbocycles. The van der Waals surface area contributed by atoms with E-state index in [0.717, 1.165) is 25.4 Å². The highest BCUT2D eigenvalue weighted by Crippen LogP contribution is 2.26. The first kappa shape index (κ1) is 18.3. The zero-order valence-electron chi connectivity index (χ0n) is 12.5. The fourth-order valence-electron chi connectivity index (χ4n) is 2.60. The number of ether oxygens (including phenoxy) is 1. The molecule has 1 aromatic rings. The van der Waals surface area contributed by atoms with E-state index in [0.29, 0.717) is 17.7 Å². The number of likely N-dealkylation sites (N-methyl/N-ethyl adjacent to an activating group) is 1. The van der Waals surface area contributed by atoms with Gasteiger partial charge in [-0.05, 0) is 44.1 Å². The van der Waals surface area contributed by atoms with Crippen LogP contribution in [0.15, 0.2) is 30.9 Å². The summed E-state index contributed by atoms with van der Waals surface area (Å²) >= 11 is 6.25. The van der Waals surface area contributed by atoms with E-state index in [1.807, 2.05) is 19.2 Å². The third-order valence-electron chi connectivity index (χ3n) is 3.67. The number of halogens is 2. The Kier molecular flexibility index (Phi) is 8.12. The number of nitrogens with one attached hydrogen (secondary N) is 1. The molecule has 1 N–H and O–H groups in total. The Morgan fingerprint density at radius 2 is 2.33 bits per heavy atom. The molecular weight excluding hydrogens is 307 g/mol. The Balaban J connectivity index is 0.00000220. The lowest BCUT2D eigenvalue weighted by Crippen LogP contribution is -2.43. The van der Waals surface area contributed by atoms with Crippen molar-refractivity contribution in [2.75, 3.05) is 26.7 Å². The maximum Gasteiger partial charge on any atom is 0.138 e. The Morgan fingerprint density at radius 3 is 3.00 bits per heavy atom. The van der Waals surface area contributed by atoms with E-state index in [-0.39, 0.29) is 12.4 Å². The molecule has 1 aliphatic heterocycles. The zero-order chi connectivity index (χ0) is 14.4. The lowest BCUT2D eigenvalue weighted by Gasteiger charge is -2.32. The molecule has 1 saturated heterocycles. The van der Waals surface area contributed by atoms with Gasteiger partial charge in [0.1, 0.15) is 12.4 Å². The molecule has 21 heavy (non-hydrogen) atoms. The first-order valence-corrected chi connectivity index (χ1v) is 7.52. The Labute approximate surface area is 138 Å². The monoisotopic (exact) mass is 330 g/mol. The molecule has 0 aromatic heterocycles. The van der Waals surface area contributed by atoms with Gasteiger partial charge in [0.2, 0.25) is 0 Å². The van der Waals surface area contributed by atoms with Crippen molar-refractivity contribution in [3.8, 4) is 5.75 Å². The van der Waals surface area contributed by atoms with Gasteiger partial charge in [0.25, 0.3) is 0 Å². The highest BCUT2D eigenvalue weighted by molar-refractivity contribution is 6.32. The minimum atomic E-state index is 0. The summed E-state index contributed by atoms with van der Waals surface area (Å²) in [6.45, 7) is 7.32. The summed E-state index contributed by atoms with van der Waals surface area (Å²) in [6, 6.07) is 6.64. The quantitative estimate of drug-likeness (QED) is 0.808. The van der Waals surface area contributed by atoms with Crippen LogP contribution in [0.4, 0.5) is 0 Å². The van der Waals surface area contributed by atoms with E-state index in [1.54, 1.807) is 6.08 Å². The summed E-state index contributed by atoms with van der Waals surface area (Å²) in [7, 11) is 2.04. The number of likely N-dealkylation sites (tertiary alicyclic amines) is 1. The number of nitrogens with zero attached hydrogens (tertiary/aromatic N) is 1. The Hall–Kier alpha value is -0.740. The molecule has 3 nitrogen and oxygen atoms in total. The molecular formula is C16H24Cl2N2O. The van der Waals surface area contributed by atoms with Crippen molar-refractivity contribution in [3.05, 3.63) is 41.4 Å². The van der Waals surface area contributed by atoms with Crippen LogP contribution in [-0.4, -0.2) is 37.7 Å². The number of rotatable bonds is 6. The lowest BCUT2D eigenvalue weighted by atomic mass is 10.1. The molecule has 1 aromatic carbocycles. The molecule has 0 amide bonds. The number of piperidine rings is 1. The van der Waals surface area contributed by atoms with Crippen LogP contribution in [0.5, 0.6) is 5.75 Å². The van der Waals surface area contributed by atoms with E-state index in [9.17, 15) is 0 Å². The maximum atomic E-state index is 6.25. The van der Waals surface area contributed by atoms with Crippen LogP contribution >= 0.6 is 24.0 Å². The van der Waals surface area contributed by atoms with E-state index in [4.69, 9.17) is 16.3 Å². The first-order valence-electron chi connectivity index (χ1n) is 7.14. The summed E-state index contributed by atoms with van der Waals surface area (Å²) in [6.07, 6.45) is 4.23. The van der Waals surface area contributed by atoms with Crippen LogP contribution < -0.4 is 10.1 Å². The predicted molar refractivity (Wildman–Crippen MR) is 91.8 cm³/mol. The standard InChI is InChI=1S/C16H23ClN2O.ClH/c1-3-9-20-16-7-6-13(10-15(16)17)11-19-8-4-5-14(12-19)18-2;/h3,6-7,10,14,18H,1,4-5,8-9,11-12H2,2H3;1H. The molecule has 1 aliphatic rings. The number of benzene rings is 1. The van der Waals surface area contributed by atoms with Gasteiger partial charge in [0, 0.05) is 19.1 Å². The second-order valence-corrected chi connectivity index (χ2v) is 5.63. The SMILES string of the molecule is C=CCOc1ccc(CN2CCCC(NC)C2)cc1Cl.Cl. The van der Waals surface area contributed by atoms with Crippen LogP contribution in [0.1, 0.15) is 18.4 Å². The van der Waals surface area contributed by atoms with Crippen molar-refractivity contribution >= 4 is 24.0 Å². The smallest absolute Gasteiger partial charge is 0.138 e. The van der Waals surface area contributed by atoms with Crippen molar-refractivity contribution in [2.45, 2.75) is 25.4 Å². The lowest BCUT2D eigenvalue weighted by molar-refractivity contribution is 0.188. The molecule has 1 unspecified atom stereocenters. The summed E-state index contributed by atoms with van der Waals surface area (Å²) in [5, 5.41) is 4.04. The maximum absolute atomic E-state index is 6.25. The largest absolute Gasteiger partial charge is 0.488 e. The molecule has 0 saturated carbocycles. The minimum absolute atomic E-state index is 0. The summed E-state index contributed by atoms with van der Waals surface area (Å²) in [5.41, 5.74) is 1.23. The van der Waals surface area contributed by atoms with Gasteiger partial charge in [0.05, 0.1) is 5.02 Å². The van der Waals surface area contributed by atoms with Gasteiger partial charge in [-0.25, -0.2) is 0 Å². The van der Waals surface area contributed by atoms with E-state index < -0.39 is 0 Å². The fraction of sp³-hybridized carbons (Fsp3) is 0.500. The summed E-state index contributed by atoms with van der Waals surface area (Å²) in [4.78, 5) is 2.47. The normalized spacial score (nSPS) is 18.9. The van der Waals surface area contributed by atoms with Crippen molar-refractivity contribution in [2.24, 2.45) is 0 Å². The van der Waals surface area contributed by atoms with Gasteiger partial charge in [-0.1, -0.05) is 30.3 Å². The highest BCUT2D eigenvalue weighted by atomic mass is 35.5. The molecule has 2 rings (SSSR count). The van der Waals surface area contributed by atoms with Crippen molar-refractivity contribution < 1.29 is 4.74 Å². The van der Waals surface area contributed by atoms with Crippen molar-refractivity contribution in [3.63, 3.8) is 0 Å². The van der Waals surface area contributed by atoms with E-state index >= 15 is 0 Å². The Bertz CT molecular complexity index is 454. The van der Waals surface area contributed by atoms with E-state index in [2.05, 4.69) is 22.9 Å². The second-order valence-electron chi connectivity index (χ2n) is 5.23. The fourth-order valence-corrected chi connectivity index (χ4v) is 2.86. The molecule has 1 heterocycles. The molecule has 1 fully saturated rings. The van der Waals surface area contributed by atoms with E-state index in [1.165, 1.54) is 18.4 Å². The van der Waals surface area contributed by atoms with Gasteiger partial charge < -0.3 is 10.1 Å². The summed E-state index contributed by atoms with van der Waals surface area (Å²) in [5.74, 6) is 0.724. The molecule has 0 bridgehead atoms.